The van der Waals surface area contributed by atoms with Crippen molar-refractivity contribution in [1.82, 2.24) is 10.1 Å². The molecule has 0 aliphatic rings. The summed E-state index contributed by atoms with van der Waals surface area (Å²) in [7, 11) is 0. The van der Waals surface area contributed by atoms with Gasteiger partial charge >= 0.3 is 0 Å². The maximum absolute atomic E-state index is 11.4. The Morgan fingerprint density at radius 1 is 1.00 bits per heavy atom. The monoisotopic (exact) mass is 223 g/mol. The lowest BCUT2D eigenvalue weighted by atomic mass is 10.1. The Labute approximate surface area is 97.8 Å². The summed E-state index contributed by atoms with van der Waals surface area (Å²) in [5.41, 5.74) is 2.22. The Balaban J connectivity index is 2.36. The Morgan fingerprint density at radius 3 is 2.65 bits per heavy atom. The van der Waals surface area contributed by atoms with Crippen LogP contribution in [0.3, 0.4) is 0 Å². The van der Waals surface area contributed by atoms with Crippen LogP contribution in [0.15, 0.2) is 54.9 Å². The van der Waals surface area contributed by atoms with Gasteiger partial charge in [0.05, 0.1) is 0 Å². The van der Waals surface area contributed by atoms with E-state index in [1.807, 2.05) is 42.5 Å². The zero-order valence-electron chi connectivity index (χ0n) is 8.95. The fourth-order valence-corrected chi connectivity index (χ4v) is 1.82. The molecule has 0 radical (unpaired) electrons. The summed E-state index contributed by atoms with van der Waals surface area (Å²) in [6.07, 6.45) is 3.04. The van der Waals surface area contributed by atoms with Gasteiger partial charge in [-0.05, 0) is 12.1 Å². The molecule has 0 saturated heterocycles. The molecule has 4 nitrogen and oxygen atoms in total. The lowest BCUT2D eigenvalue weighted by molar-refractivity contribution is -0.666. The zero-order chi connectivity index (χ0) is 11.7. The van der Waals surface area contributed by atoms with Crippen LogP contribution in [0.2, 0.25) is 0 Å². The molecular weight excluding hydrogens is 214 g/mol. The van der Waals surface area contributed by atoms with E-state index in [0.29, 0.717) is 16.1 Å². The Hall–Kier alpha value is -2.49. The summed E-state index contributed by atoms with van der Waals surface area (Å²) in [5, 5.41) is 16.3. The van der Waals surface area contributed by atoms with Crippen molar-refractivity contribution < 1.29 is 4.85 Å². The highest BCUT2D eigenvalue weighted by Gasteiger charge is 2.10. The smallest absolute Gasteiger partial charge is 0.236 e. The third-order valence-corrected chi connectivity index (χ3v) is 2.57. The molecule has 1 aromatic carbocycles. The van der Waals surface area contributed by atoms with Gasteiger partial charge in [0.1, 0.15) is 11.2 Å². The molecule has 0 atom stereocenters. The highest BCUT2D eigenvalue weighted by molar-refractivity contribution is 5.90. The van der Waals surface area contributed by atoms with Crippen LogP contribution in [0.1, 0.15) is 0 Å². The Morgan fingerprint density at radius 2 is 1.82 bits per heavy atom. The van der Waals surface area contributed by atoms with E-state index in [-0.39, 0.29) is 0 Å². The topological polar surface area (TPSA) is 52.7 Å². The van der Waals surface area contributed by atoms with Gasteiger partial charge in [-0.3, -0.25) is 0 Å². The van der Waals surface area contributed by atoms with Crippen molar-refractivity contribution in [2.75, 3.05) is 0 Å². The second kappa shape index (κ2) is 3.83. The number of hydrogen-bond donors (Lipinski definition) is 0. The number of nitrogens with zero attached hydrogens (tertiary/aromatic N) is 3. The van der Waals surface area contributed by atoms with Crippen molar-refractivity contribution in [2.45, 2.75) is 0 Å². The molecular formula is C13H9N3O. The lowest BCUT2D eigenvalue weighted by Crippen LogP contribution is -2.31. The van der Waals surface area contributed by atoms with E-state index in [0.717, 1.165) is 10.9 Å². The highest BCUT2D eigenvalue weighted by Crippen LogP contribution is 2.23. The van der Waals surface area contributed by atoms with E-state index in [2.05, 4.69) is 10.1 Å². The number of rotatable bonds is 1. The van der Waals surface area contributed by atoms with Gasteiger partial charge < -0.3 is 5.21 Å². The van der Waals surface area contributed by atoms with Crippen LogP contribution in [0.4, 0.5) is 0 Å². The second-order valence-corrected chi connectivity index (χ2v) is 3.68. The summed E-state index contributed by atoms with van der Waals surface area (Å²) in [6.45, 7) is 0. The average molecular weight is 223 g/mol. The number of pyridine rings is 1. The molecule has 4 heteroatoms. The third-order valence-electron chi connectivity index (χ3n) is 2.57. The summed E-state index contributed by atoms with van der Waals surface area (Å²) in [4.78, 5) is 4.72. The van der Waals surface area contributed by atoms with Crippen LogP contribution >= 0.6 is 0 Å². The summed E-state index contributed by atoms with van der Waals surface area (Å²) < 4.78 is 0. The molecule has 3 rings (SSSR count). The van der Waals surface area contributed by atoms with E-state index in [1.165, 1.54) is 6.20 Å². The van der Waals surface area contributed by atoms with Crippen LogP contribution in [-0.2, 0) is 0 Å². The predicted molar refractivity (Wildman–Crippen MR) is 63.9 cm³/mol. The van der Waals surface area contributed by atoms with Gasteiger partial charge in [0, 0.05) is 22.2 Å². The molecule has 2 aromatic heterocycles. The zero-order valence-corrected chi connectivity index (χ0v) is 8.95. The summed E-state index contributed by atoms with van der Waals surface area (Å²) in [5.74, 6) is 0. The standard InChI is InChI=1S/C13H9N3O/c17-16-9-12-11(7-4-8-14-12)13(15-16)10-5-2-1-3-6-10/h1-9H. The molecule has 3 aromatic rings. The first kappa shape index (κ1) is 9.72. The van der Waals surface area contributed by atoms with Crippen LogP contribution in [0.5, 0.6) is 0 Å². The molecule has 0 aliphatic carbocycles. The first-order valence-electron chi connectivity index (χ1n) is 5.25. The molecule has 0 N–H and O–H groups in total. The highest BCUT2D eigenvalue weighted by atomic mass is 16.5. The number of benzene rings is 1. The van der Waals surface area contributed by atoms with E-state index in [9.17, 15) is 5.21 Å². The molecule has 0 fully saturated rings. The van der Waals surface area contributed by atoms with Gasteiger partial charge in [-0.25, -0.2) is 4.98 Å². The summed E-state index contributed by atoms with van der Waals surface area (Å²) in [6, 6.07) is 13.4. The van der Waals surface area contributed by atoms with Crippen LogP contribution < -0.4 is 4.85 Å². The SMILES string of the molecule is [O-][n+]1cc2ncccc2c(-c2ccccc2)n1. The largest absolute Gasteiger partial charge is 0.594 e. The Kier molecular flexibility index (Phi) is 2.19. The minimum Gasteiger partial charge on any atom is -0.594 e. The minimum atomic E-state index is 0.553. The number of aromatic nitrogens is 3. The first-order valence-corrected chi connectivity index (χ1v) is 5.25. The minimum absolute atomic E-state index is 0.553. The van der Waals surface area contributed by atoms with Gasteiger partial charge in [-0.1, -0.05) is 35.2 Å². The fraction of sp³-hybridized carbons (Fsp3) is 0. The molecule has 0 aliphatic heterocycles. The van der Waals surface area contributed by atoms with Crippen LogP contribution in [-0.4, -0.2) is 10.1 Å². The average Bonchev–Trinajstić information content (AvgIpc) is 2.39. The summed E-state index contributed by atoms with van der Waals surface area (Å²) >= 11 is 0. The number of hydrogen-bond acceptors (Lipinski definition) is 3. The quantitative estimate of drug-likeness (QED) is 0.468. The van der Waals surface area contributed by atoms with Gasteiger partial charge in [-0.15, -0.1) is 0 Å². The van der Waals surface area contributed by atoms with E-state index in [1.54, 1.807) is 6.20 Å². The number of fused-ring (bicyclic) bond motifs is 1. The van der Waals surface area contributed by atoms with E-state index in [4.69, 9.17) is 0 Å². The van der Waals surface area contributed by atoms with Crippen molar-refractivity contribution in [3.8, 4) is 11.3 Å². The molecule has 17 heavy (non-hydrogen) atoms. The lowest BCUT2D eigenvalue weighted by Gasteiger charge is -2.03. The molecule has 0 unspecified atom stereocenters. The molecule has 0 amide bonds. The maximum atomic E-state index is 11.4. The van der Waals surface area contributed by atoms with Crippen molar-refractivity contribution >= 4 is 10.9 Å². The first-order chi connectivity index (χ1) is 8.34. The van der Waals surface area contributed by atoms with Gasteiger partial charge in [0.15, 0.2) is 0 Å². The van der Waals surface area contributed by atoms with E-state index >= 15 is 0 Å². The van der Waals surface area contributed by atoms with Crippen LogP contribution in [0.25, 0.3) is 22.2 Å². The second-order valence-electron chi connectivity index (χ2n) is 3.68. The molecule has 0 spiro atoms. The molecule has 2 heterocycles. The fourth-order valence-electron chi connectivity index (χ4n) is 1.82. The normalized spacial score (nSPS) is 10.6. The van der Waals surface area contributed by atoms with Crippen LogP contribution in [0, 0.1) is 5.21 Å². The molecule has 0 saturated carbocycles. The predicted octanol–water partition coefficient (Wildman–Crippen LogP) is 1.93. The van der Waals surface area contributed by atoms with Crippen molar-refractivity contribution in [3.63, 3.8) is 0 Å². The van der Waals surface area contributed by atoms with Crippen molar-refractivity contribution in [2.24, 2.45) is 0 Å². The van der Waals surface area contributed by atoms with E-state index < -0.39 is 0 Å². The molecule has 0 bridgehead atoms. The Bertz CT molecular complexity index is 668. The van der Waals surface area contributed by atoms with Crippen molar-refractivity contribution in [3.05, 3.63) is 60.1 Å². The third kappa shape index (κ3) is 1.69. The van der Waals surface area contributed by atoms with Gasteiger partial charge in [0.2, 0.25) is 6.20 Å². The van der Waals surface area contributed by atoms with Gasteiger partial charge in [-0.2, -0.15) is 0 Å². The maximum Gasteiger partial charge on any atom is 0.236 e. The molecule has 82 valence electrons. The van der Waals surface area contributed by atoms with Gasteiger partial charge in [0.25, 0.3) is 0 Å². The van der Waals surface area contributed by atoms with Crippen molar-refractivity contribution in [1.29, 1.82) is 0 Å².